The lowest BCUT2D eigenvalue weighted by Gasteiger charge is -2.16. The van der Waals surface area contributed by atoms with Gasteiger partial charge in [-0.2, -0.15) is 5.10 Å². The van der Waals surface area contributed by atoms with Gasteiger partial charge in [-0.25, -0.2) is 4.98 Å². The van der Waals surface area contributed by atoms with E-state index in [4.69, 9.17) is 0 Å². The molecular formula is C14H20N4. The molecule has 1 atom stereocenters. The lowest BCUT2D eigenvalue weighted by molar-refractivity contribution is 0.583. The molecule has 2 rings (SSSR count). The van der Waals surface area contributed by atoms with Gasteiger partial charge in [0.15, 0.2) is 0 Å². The second-order valence-electron chi connectivity index (χ2n) is 4.67. The monoisotopic (exact) mass is 244 g/mol. The summed E-state index contributed by atoms with van der Waals surface area (Å²) in [5.74, 6) is 1.45. The first kappa shape index (κ1) is 12.8. The fraction of sp³-hybridized carbons (Fsp3) is 0.429. The van der Waals surface area contributed by atoms with E-state index in [1.807, 2.05) is 18.8 Å². The fourth-order valence-corrected chi connectivity index (χ4v) is 2.12. The maximum absolute atomic E-state index is 4.30. The predicted molar refractivity (Wildman–Crippen MR) is 72.6 cm³/mol. The summed E-state index contributed by atoms with van der Waals surface area (Å²) in [6, 6.07) is 8.73. The third-order valence-electron chi connectivity index (χ3n) is 3.23. The molecule has 4 nitrogen and oxygen atoms in total. The summed E-state index contributed by atoms with van der Waals surface area (Å²) in [5.41, 5.74) is 2.64. The molecule has 0 saturated carbocycles. The highest BCUT2D eigenvalue weighted by Crippen LogP contribution is 2.19. The molecule has 0 fully saturated rings. The highest BCUT2D eigenvalue weighted by atomic mass is 15.3. The molecule has 1 heterocycles. The summed E-state index contributed by atoms with van der Waals surface area (Å²) in [6.07, 6.45) is 2.52. The Morgan fingerprint density at radius 2 is 2.00 bits per heavy atom. The van der Waals surface area contributed by atoms with Crippen LogP contribution in [0.25, 0.3) is 0 Å². The minimum Gasteiger partial charge on any atom is -0.319 e. The van der Waals surface area contributed by atoms with Crippen LogP contribution in [0.5, 0.6) is 0 Å². The standard InChI is InChI=1S/C14H20N4/c1-11-4-6-12(7-5-11)13(9-15-2)8-14-16-10-17-18(14)3/h4-7,10,13,15H,8-9H2,1-3H3. The molecule has 0 aliphatic carbocycles. The molecule has 0 radical (unpaired) electrons. The predicted octanol–water partition coefficient (Wildman–Crippen LogP) is 1.67. The Morgan fingerprint density at radius 1 is 1.28 bits per heavy atom. The van der Waals surface area contributed by atoms with Gasteiger partial charge >= 0.3 is 0 Å². The molecule has 0 bridgehead atoms. The van der Waals surface area contributed by atoms with Crippen LogP contribution in [-0.4, -0.2) is 28.4 Å². The number of hydrogen-bond donors (Lipinski definition) is 1. The molecule has 0 saturated heterocycles. The molecule has 1 N–H and O–H groups in total. The van der Waals surface area contributed by atoms with Gasteiger partial charge in [-0.05, 0) is 19.5 Å². The Morgan fingerprint density at radius 3 is 2.56 bits per heavy atom. The van der Waals surface area contributed by atoms with Gasteiger partial charge in [0.25, 0.3) is 0 Å². The molecular weight excluding hydrogens is 224 g/mol. The second kappa shape index (κ2) is 5.78. The zero-order valence-corrected chi connectivity index (χ0v) is 11.2. The topological polar surface area (TPSA) is 42.7 Å². The average molecular weight is 244 g/mol. The number of likely N-dealkylation sites (N-methyl/N-ethyl adjacent to an activating group) is 1. The summed E-state index contributed by atoms with van der Waals surface area (Å²) in [5, 5.41) is 7.38. The van der Waals surface area contributed by atoms with Crippen molar-refractivity contribution in [2.45, 2.75) is 19.3 Å². The molecule has 4 heteroatoms. The van der Waals surface area contributed by atoms with Gasteiger partial charge in [0.2, 0.25) is 0 Å². The first-order chi connectivity index (χ1) is 8.70. The SMILES string of the molecule is CNCC(Cc1ncnn1C)c1ccc(C)cc1. The van der Waals surface area contributed by atoms with Crippen molar-refractivity contribution in [3.8, 4) is 0 Å². The summed E-state index contributed by atoms with van der Waals surface area (Å²) in [4.78, 5) is 4.30. The smallest absolute Gasteiger partial charge is 0.138 e. The molecule has 1 unspecified atom stereocenters. The van der Waals surface area contributed by atoms with Gasteiger partial charge in [-0.3, -0.25) is 4.68 Å². The van der Waals surface area contributed by atoms with Gasteiger partial charge < -0.3 is 5.32 Å². The molecule has 1 aromatic carbocycles. The Kier molecular flexibility index (Phi) is 4.10. The van der Waals surface area contributed by atoms with Crippen LogP contribution in [0.4, 0.5) is 0 Å². The van der Waals surface area contributed by atoms with Crippen LogP contribution < -0.4 is 5.32 Å². The summed E-state index contributed by atoms with van der Waals surface area (Å²) in [6.45, 7) is 3.05. The van der Waals surface area contributed by atoms with Crippen molar-refractivity contribution >= 4 is 0 Å². The molecule has 0 amide bonds. The zero-order valence-electron chi connectivity index (χ0n) is 11.2. The van der Waals surface area contributed by atoms with Crippen molar-refractivity contribution in [2.75, 3.05) is 13.6 Å². The number of aromatic nitrogens is 3. The van der Waals surface area contributed by atoms with Crippen LogP contribution in [0.15, 0.2) is 30.6 Å². The third kappa shape index (κ3) is 2.96. The lowest BCUT2D eigenvalue weighted by atomic mass is 9.94. The second-order valence-corrected chi connectivity index (χ2v) is 4.67. The van der Waals surface area contributed by atoms with E-state index in [1.165, 1.54) is 11.1 Å². The van der Waals surface area contributed by atoms with Crippen LogP contribution in [0, 0.1) is 6.92 Å². The van der Waals surface area contributed by atoms with Crippen LogP contribution in [0.2, 0.25) is 0 Å². The Hall–Kier alpha value is -1.68. The van der Waals surface area contributed by atoms with E-state index in [0.29, 0.717) is 5.92 Å². The molecule has 0 aliphatic rings. The average Bonchev–Trinajstić information content (AvgIpc) is 2.76. The van der Waals surface area contributed by atoms with Crippen LogP contribution >= 0.6 is 0 Å². The number of nitrogens with zero attached hydrogens (tertiary/aromatic N) is 3. The summed E-state index contributed by atoms with van der Waals surface area (Å²) in [7, 11) is 3.92. The molecule has 2 aromatic rings. The largest absolute Gasteiger partial charge is 0.319 e. The lowest BCUT2D eigenvalue weighted by Crippen LogP contribution is -2.20. The Labute approximate surface area is 108 Å². The van der Waals surface area contributed by atoms with Gasteiger partial charge in [0.1, 0.15) is 12.2 Å². The van der Waals surface area contributed by atoms with Gasteiger partial charge in [0, 0.05) is 25.9 Å². The minimum absolute atomic E-state index is 0.429. The highest BCUT2D eigenvalue weighted by Gasteiger charge is 2.14. The van der Waals surface area contributed by atoms with Crippen molar-refractivity contribution < 1.29 is 0 Å². The first-order valence-electron chi connectivity index (χ1n) is 6.24. The van der Waals surface area contributed by atoms with Crippen LogP contribution in [0.1, 0.15) is 22.9 Å². The van der Waals surface area contributed by atoms with Crippen LogP contribution in [-0.2, 0) is 13.5 Å². The quantitative estimate of drug-likeness (QED) is 0.870. The third-order valence-corrected chi connectivity index (χ3v) is 3.23. The zero-order chi connectivity index (χ0) is 13.0. The van der Waals surface area contributed by atoms with E-state index in [2.05, 4.69) is 46.6 Å². The van der Waals surface area contributed by atoms with Gasteiger partial charge in [-0.1, -0.05) is 29.8 Å². The van der Waals surface area contributed by atoms with Gasteiger partial charge in [-0.15, -0.1) is 0 Å². The molecule has 96 valence electrons. The minimum atomic E-state index is 0.429. The Balaban J connectivity index is 2.18. The summed E-state index contributed by atoms with van der Waals surface area (Å²) < 4.78 is 1.84. The molecule has 1 aromatic heterocycles. The first-order valence-corrected chi connectivity index (χ1v) is 6.24. The number of aryl methyl sites for hydroxylation is 2. The molecule has 0 aliphatic heterocycles. The van der Waals surface area contributed by atoms with E-state index in [9.17, 15) is 0 Å². The van der Waals surface area contributed by atoms with E-state index < -0.39 is 0 Å². The van der Waals surface area contributed by atoms with Crippen molar-refractivity contribution in [2.24, 2.45) is 7.05 Å². The maximum Gasteiger partial charge on any atom is 0.138 e. The maximum atomic E-state index is 4.30. The number of rotatable bonds is 5. The van der Waals surface area contributed by atoms with Crippen molar-refractivity contribution in [3.63, 3.8) is 0 Å². The van der Waals surface area contributed by atoms with E-state index in [1.54, 1.807) is 6.33 Å². The van der Waals surface area contributed by atoms with Crippen molar-refractivity contribution in [3.05, 3.63) is 47.5 Å². The van der Waals surface area contributed by atoms with E-state index in [-0.39, 0.29) is 0 Å². The van der Waals surface area contributed by atoms with E-state index in [0.717, 1.165) is 18.8 Å². The van der Waals surface area contributed by atoms with E-state index >= 15 is 0 Å². The fourth-order valence-electron chi connectivity index (χ4n) is 2.12. The normalized spacial score (nSPS) is 12.6. The molecule has 18 heavy (non-hydrogen) atoms. The van der Waals surface area contributed by atoms with Gasteiger partial charge in [0.05, 0.1) is 0 Å². The van der Waals surface area contributed by atoms with Crippen molar-refractivity contribution in [1.29, 1.82) is 0 Å². The summed E-state index contributed by atoms with van der Waals surface area (Å²) >= 11 is 0. The highest BCUT2D eigenvalue weighted by molar-refractivity contribution is 5.25. The number of nitrogens with one attached hydrogen (secondary N) is 1. The number of hydrogen-bond acceptors (Lipinski definition) is 3. The molecule has 0 spiro atoms. The Bertz CT molecular complexity index is 487. The number of benzene rings is 1. The van der Waals surface area contributed by atoms with Crippen LogP contribution in [0.3, 0.4) is 0 Å². The van der Waals surface area contributed by atoms with Crippen molar-refractivity contribution in [1.82, 2.24) is 20.1 Å².